The van der Waals surface area contributed by atoms with Gasteiger partial charge in [-0.15, -0.1) is 0 Å². The maximum atomic E-state index is 11.2. The van der Waals surface area contributed by atoms with E-state index in [1.54, 1.807) is 0 Å². The lowest BCUT2D eigenvalue weighted by atomic mass is 10.1. The minimum Gasteiger partial charge on any atom is -0.378 e. The molecule has 6 nitrogen and oxygen atoms in total. The number of ether oxygens (including phenoxy) is 1. The van der Waals surface area contributed by atoms with E-state index in [0.29, 0.717) is 18.2 Å². The summed E-state index contributed by atoms with van der Waals surface area (Å²) in [6.45, 7) is 4.41. The van der Waals surface area contributed by atoms with Gasteiger partial charge in [0.1, 0.15) is 5.82 Å². The fourth-order valence-corrected chi connectivity index (χ4v) is 3.62. The SMILES string of the molecule is CC(=O)Nc1ccc(CN2CCOCC2c2ncc(-c3ccc(Cl)cc3)[nH]2)cc1. The van der Waals surface area contributed by atoms with E-state index in [4.69, 9.17) is 16.3 Å². The summed E-state index contributed by atoms with van der Waals surface area (Å²) in [5, 5.41) is 3.51. The number of aromatic amines is 1. The fraction of sp³-hybridized carbons (Fsp3) is 0.273. The smallest absolute Gasteiger partial charge is 0.221 e. The molecule has 1 unspecified atom stereocenters. The van der Waals surface area contributed by atoms with Gasteiger partial charge in [-0.05, 0) is 35.4 Å². The second-order valence-corrected chi connectivity index (χ2v) is 7.56. The molecule has 0 aliphatic carbocycles. The van der Waals surface area contributed by atoms with Gasteiger partial charge in [0.15, 0.2) is 0 Å². The molecule has 2 heterocycles. The van der Waals surface area contributed by atoms with Gasteiger partial charge in [0.05, 0.1) is 31.1 Å². The minimum absolute atomic E-state index is 0.0554. The van der Waals surface area contributed by atoms with Crippen molar-refractivity contribution in [3.63, 3.8) is 0 Å². The van der Waals surface area contributed by atoms with Crippen molar-refractivity contribution in [2.75, 3.05) is 25.1 Å². The second kappa shape index (κ2) is 8.78. The lowest BCUT2D eigenvalue weighted by Crippen LogP contribution is -2.39. The minimum atomic E-state index is -0.0692. The van der Waals surface area contributed by atoms with Crippen molar-refractivity contribution < 1.29 is 9.53 Å². The van der Waals surface area contributed by atoms with Crippen molar-refractivity contribution in [2.24, 2.45) is 0 Å². The molecule has 150 valence electrons. The molecule has 29 heavy (non-hydrogen) atoms. The third-order valence-electron chi connectivity index (χ3n) is 4.97. The molecule has 1 fully saturated rings. The van der Waals surface area contributed by atoms with Gasteiger partial charge >= 0.3 is 0 Å². The highest BCUT2D eigenvalue weighted by Gasteiger charge is 2.27. The van der Waals surface area contributed by atoms with Gasteiger partial charge in [-0.3, -0.25) is 9.69 Å². The zero-order valence-corrected chi connectivity index (χ0v) is 16.9. The van der Waals surface area contributed by atoms with Gasteiger partial charge < -0.3 is 15.0 Å². The maximum Gasteiger partial charge on any atom is 0.221 e. The van der Waals surface area contributed by atoms with Crippen molar-refractivity contribution in [2.45, 2.75) is 19.5 Å². The molecule has 1 saturated heterocycles. The Kier molecular flexibility index (Phi) is 5.94. The van der Waals surface area contributed by atoms with Crippen molar-refractivity contribution >= 4 is 23.2 Å². The summed E-state index contributed by atoms with van der Waals surface area (Å²) in [6, 6.07) is 15.7. The molecule has 2 aromatic carbocycles. The molecule has 0 saturated carbocycles. The molecule has 0 bridgehead atoms. The van der Waals surface area contributed by atoms with Crippen molar-refractivity contribution in [3.8, 4) is 11.3 Å². The molecule has 1 atom stereocenters. The van der Waals surface area contributed by atoms with Crippen LogP contribution in [0.15, 0.2) is 54.7 Å². The molecule has 3 aromatic rings. The molecule has 0 radical (unpaired) electrons. The van der Waals surface area contributed by atoms with Gasteiger partial charge in [-0.25, -0.2) is 4.98 Å². The molecule has 2 N–H and O–H groups in total. The van der Waals surface area contributed by atoms with Crippen LogP contribution in [0.2, 0.25) is 5.02 Å². The van der Waals surface area contributed by atoms with E-state index in [1.165, 1.54) is 12.5 Å². The number of aromatic nitrogens is 2. The Balaban J connectivity index is 1.49. The number of halogens is 1. The predicted molar refractivity (Wildman–Crippen MR) is 114 cm³/mol. The lowest BCUT2D eigenvalue weighted by Gasteiger charge is -2.34. The van der Waals surface area contributed by atoms with Crippen LogP contribution in [0, 0.1) is 0 Å². The van der Waals surface area contributed by atoms with E-state index >= 15 is 0 Å². The third kappa shape index (κ3) is 4.85. The summed E-state index contributed by atoms with van der Waals surface area (Å²) >= 11 is 5.99. The Labute approximate surface area is 174 Å². The van der Waals surface area contributed by atoms with Crippen LogP contribution >= 0.6 is 11.6 Å². The number of morpholine rings is 1. The summed E-state index contributed by atoms with van der Waals surface area (Å²) in [6.07, 6.45) is 1.85. The molecular weight excluding hydrogens is 388 g/mol. The highest BCUT2D eigenvalue weighted by atomic mass is 35.5. The van der Waals surface area contributed by atoms with Crippen LogP contribution < -0.4 is 5.32 Å². The predicted octanol–water partition coefficient (Wildman–Crippen LogP) is 4.26. The number of carbonyl (C=O) groups excluding carboxylic acids is 1. The Morgan fingerprint density at radius 1 is 1.24 bits per heavy atom. The first kappa shape index (κ1) is 19.6. The first-order valence-electron chi connectivity index (χ1n) is 9.57. The van der Waals surface area contributed by atoms with E-state index in [2.05, 4.69) is 20.2 Å². The summed E-state index contributed by atoms with van der Waals surface area (Å²) in [7, 11) is 0. The van der Waals surface area contributed by atoms with Crippen LogP contribution in [0.1, 0.15) is 24.4 Å². The quantitative estimate of drug-likeness (QED) is 0.659. The number of hydrogen-bond acceptors (Lipinski definition) is 4. The molecule has 7 heteroatoms. The normalized spacial score (nSPS) is 17.2. The first-order chi connectivity index (χ1) is 14.1. The summed E-state index contributed by atoms with van der Waals surface area (Å²) in [4.78, 5) is 21.6. The zero-order valence-electron chi connectivity index (χ0n) is 16.2. The van der Waals surface area contributed by atoms with E-state index in [9.17, 15) is 4.79 Å². The van der Waals surface area contributed by atoms with Crippen LogP contribution in [0.4, 0.5) is 5.69 Å². The van der Waals surface area contributed by atoms with E-state index in [1.807, 2.05) is 54.7 Å². The third-order valence-corrected chi connectivity index (χ3v) is 5.22. The number of H-pyrrole nitrogens is 1. The molecule has 1 amide bonds. The van der Waals surface area contributed by atoms with Crippen LogP contribution in [-0.2, 0) is 16.1 Å². The maximum absolute atomic E-state index is 11.2. The Morgan fingerprint density at radius 2 is 2.00 bits per heavy atom. The van der Waals surface area contributed by atoms with Gasteiger partial charge in [0, 0.05) is 30.7 Å². The monoisotopic (exact) mass is 410 g/mol. The number of amides is 1. The Morgan fingerprint density at radius 3 is 2.72 bits per heavy atom. The number of nitrogens with one attached hydrogen (secondary N) is 2. The summed E-state index contributed by atoms with van der Waals surface area (Å²) in [5.41, 5.74) is 3.99. The van der Waals surface area contributed by atoms with Gasteiger partial charge in [-0.2, -0.15) is 0 Å². The molecule has 1 aliphatic rings. The van der Waals surface area contributed by atoms with E-state index < -0.39 is 0 Å². The Hall–Kier alpha value is -2.67. The second-order valence-electron chi connectivity index (χ2n) is 7.13. The average Bonchev–Trinajstić information content (AvgIpc) is 3.20. The van der Waals surface area contributed by atoms with Crippen LogP contribution in [0.5, 0.6) is 0 Å². The number of rotatable bonds is 5. The van der Waals surface area contributed by atoms with Gasteiger partial charge in [0.25, 0.3) is 0 Å². The van der Waals surface area contributed by atoms with Crippen LogP contribution in [0.3, 0.4) is 0 Å². The molecule has 1 aliphatic heterocycles. The van der Waals surface area contributed by atoms with Crippen LogP contribution in [0.25, 0.3) is 11.3 Å². The summed E-state index contributed by atoms with van der Waals surface area (Å²) < 4.78 is 5.73. The number of carbonyl (C=O) groups is 1. The highest BCUT2D eigenvalue weighted by molar-refractivity contribution is 6.30. The lowest BCUT2D eigenvalue weighted by molar-refractivity contribution is -0.114. The number of nitrogens with zero attached hydrogens (tertiary/aromatic N) is 2. The zero-order chi connectivity index (χ0) is 20.2. The first-order valence-corrected chi connectivity index (χ1v) is 9.95. The van der Waals surface area contributed by atoms with Crippen molar-refractivity contribution in [3.05, 3.63) is 71.1 Å². The summed E-state index contributed by atoms with van der Waals surface area (Å²) in [5.74, 6) is 0.824. The van der Waals surface area contributed by atoms with Crippen molar-refractivity contribution in [1.29, 1.82) is 0 Å². The molecule has 1 aromatic heterocycles. The number of benzene rings is 2. The van der Waals surface area contributed by atoms with Crippen LogP contribution in [-0.4, -0.2) is 40.5 Å². The number of hydrogen-bond donors (Lipinski definition) is 2. The topological polar surface area (TPSA) is 70.2 Å². The fourth-order valence-electron chi connectivity index (χ4n) is 3.49. The number of anilines is 1. The molecular formula is C22H23ClN4O2. The Bertz CT molecular complexity index is 969. The highest BCUT2D eigenvalue weighted by Crippen LogP contribution is 2.27. The standard InChI is InChI=1S/C22H23ClN4O2/c1-15(28)25-19-8-2-16(3-9-19)13-27-10-11-29-14-21(27)22-24-12-20(26-22)17-4-6-18(23)7-5-17/h2-9,12,21H,10-11,13-14H2,1H3,(H,24,26)(H,25,28). The van der Waals surface area contributed by atoms with Crippen molar-refractivity contribution in [1.82, 2.24) is 14.9 Å². The average molecular weight is 411 g/mol. The van der Waals surface area contributed by atoms with Gasteiger partial charge in [-0.1, -0.05) is 35.9 Å². The van der Waals surface area contributed by atoms with E-state index in [0.717, 1.165) is 35.9 Å². The van der Waals surface area contributed by atoms with E-state index in [-0.39, 0.29) is 11.9 Å². The largest absolute Gasteiger partial charge is 0.378 e. The molecule has 4 rings (SSSR count). The molecule has 0 spiro atoms. The van der Waals surface area contributed by atoms with Gasteiger partial charge in [0.2, 0.25) is 5.91 Å². The number of imidazole rings is 1.